The molecule has 0 saturated heterocycles. The molecule has 0 radical (unpaired) electrons. The fraction of sp³-hybridized carbons (Fsp3) is 0.467. The Morgan fingerprint density at radius 1 is 1.30 bits per heavy atom. The lowest BCUT2D eigenvalue weighted by Gasteiger charge is -2.31. The summed E-state index contributed by atoms with van der Waals surface area (Å²) in [6, 6.07) is 7.75. The highest BCUT2D eigenvalue weighted by molar-refractivity contribution is 6.30. The first-order valence-corrected chi connectivity index (χ1v) is 7.18. The third-order valence-corrected chi connectivity index (χ3v) is 4.02. The van der Waals surface area contributed by atoms with Gasteiger partial charge >= 0.3 is 0 Å². The van der Waals surface area contributed by atoms with Gasteiger partial charge in [0.05, 0.1) is 5.60 Å². The van der Waals surface area contributed by atoms with Gasteiger partial charge < -0.3 is 5.11 Å². The summed E-state index contributed by atoms with van der Waals surface area (Å²) in [5.41, 5.74) is 0.380. The Morgan fingerprint density at radius 2 is 2.00 bits per heavy atom. The van der Waals surface area contributed by atoms with Crippen molar-refractivity contribution in [1.82, 2.24) is 15.2 Å². The molecule has 108 valence electrons. The number of aromatic amines is 1. The molecule has 1 aromatic carbocycles. The summed E-state index contributed by atoms with van der Waals surface area (Å²) in [6.45, 7) is 4.05. The maximum absolute atomic E-state index is 10.9. The minimum absolute atomic E-state index is 0.139. The van der Waals surface area contributed by atoms with Gasteiger partial charge in [0.25, 0.3) is 0 Å². The Balaban J connectivity index is 2.03. The molecule has 4 nitrogen and oxygen atoms in total. The maximum Gasteiger partial charge on any atom is 0.137 e. The number of aromatic nitrogens is 3. The van der Waals surface area contributed by atoms with Gasteiger partial charge in [-0.1, -0.05) is 37.6 Å². The predicted octanol–water partition coefficient (Wildman–Crippen LogP) is 3.02. The van der Waals surface area contributed by atoms with Crippen molar-refractivity contribution in [1.29, 1.82) is 0 Å². The molecule has 0 aliphatic rings. The van der Waals surface area contributed by atoms with Crippen LogP contribution >= 0.6 is 11.6 Å². The first kappa shape index (κ1) is 15.0. The summed E-state index contributed by atoms with van der Waals surface area (Å²) in [4.78, 5) is 4.11. The average molecular weight is 294 g/mol. The van der Waals surface area contributed by atoms with E-state index >= 15 is 0 Å². The van der Waals surface area contributed by atoms with Crippen molar-refractivity contribution >= 4 is 11.6 Å². The van der Waals surface area contributed by atoms with Crippen molar-refractivity contribution in [3.05, 3.63) is 47.0 Å². The highest BCUT2D eigenvalue weighted by Gasteiger charge is 2.31. The summed E-state index contributed by atoms with van der Waals surface area (Å²) in [6.07, 6.45) is 3.43. The Labute approximate surface area is 124 Å². The number of nitrogens with zero attached hydrogens (tertiary/aromatic N) is 2. The van der Waals surface area contributed by atoms with Crippen LogP contribution in [-0.2, 0) is 12.8 Å². The van der Waals surface area contributed by atoms with Gasteiger partial charge in [-0.05, 0) is 36.5 Å². The number of benzene rings is 1. The molecule has 0 aliphatic heterocycles. The van der Waals surface area contributed by atoms with Crippen LogP contribution in [0.1, 0.15) is 31.7 Å². The predicted molar refractivity (Wildman–Crippen MR) is 79.6 cm³/mol. The van der Waals surface area contributed by atoms with E-state index in [1.165, 1.54) is 11.9 Å². The van der Waals surface area contributed by atoms with Crippen molar-refractivity contribution in [3.8, 4) is 0 Å². The van der Waals surface area contributed by atoms with Crippen LogP contribution in [0.5, 0.6) is 0 Å². The van der Waals surface area contributed by atoms with Crippen molar-refractivity contribution in [2.45, 2.75) is 38.7 Å². The molecular weight excluding hydrogens is 274 g/mol. The lowest BCUT2D eigenvalue weighted by atomic mass is 9.82. The number of hydrogen-bond acceptors (Lipinski definition) is 3. The van der Waals surface area contributed by atoms with Gasteiger partial charge in [0, 0.05) is 11.4 Å². The molecule has 0 saturated carbocycles. The van der Waals surface area contributed by atoms with E-state index in [4.69, 9.17) is 11.6 Å². The summed E-state index contributed by atoms with van der Waals surface area (Å²) in [7, 11) is 0. The number of hydrogen-bond donors (Lipinski definition) is 2. The Kier molecular flexibility index (Phi) is 4.78. The number of nitrogens with one attached hydrogen (secondary N) is 1. The zero-order chi connectivity index (χ0) is 14.6. The van der Waals surface area contributed by atoms with Gasteiger partial charge in [-0.25, -0.2) is 4.98 Å². The zero-order valence-electron chi connectivity index (χ0n) is 11.8. The molecule has 0 fully saturated rings. The molecule has 0 amide bonds. The van der Waals surface area contributed by atoms with E-state index in [1.807, 2.05) is 38.1 Å². The summed E-state index contributed by atoms with van der Waals surface area (Å²) in [5, 5.41) is 18.2. The summed E-state index contributed by atoms with van der Waals surface area (Å²) in [5.74, 6) is 0.859. The highest BCUT2D eigenvalue weighted by atomic mass is 35.5. The van der Waals surface area contributed by atoms with Gasteiger partial charge in [-0.2, -0.15) is 5.10 Å². The van der Waals surface area contributed by atoms with E-state index in [1.54, 1.807) is 0 Å². The van der Waals surface area contributed by atoms with Crippen LogP contribution in [0.2, 0.25) is 5.02 Å². The Morgan fingerprint density at radius 3 is 2.55 bits per heavy atom. The minimum Gasteiger partial charge on any atom is -0.389 e. The SMILES string of the molecule is CC(C)C(O)(CCc1ccc(Cl)cc1)Cc1ncn[nH]1. The molecule has 2 aromatic rings. The van der Waals surface area contributed by atoms with Crippen LogP contribution in [0.4, 0.5) is 0 Å². The molecule has 2 rings (SSSR count). The zero-order valence-corrected chi connectivity index (χ0v) is 12.6. The first-order chi connectivity index (χ1) is 9.49. The Hall–Kier alpha value is -1.39. The van der Waals surface area contributed by atoms with Gasteiger partial charge in [-0.15, -0.1) is 0 Å². The average Bonchev–Trinajstić information content (AvgIpc) is 2.90. The number of halogens is 1. The van der Waals surface area contributed by atoms with Crippen LogP contribution in [0.15, 0.2) is 30.6 Å². The maximum atomic E-state index is 10.9. The number of aliphatic hydroxyl groups is 1. The van der Waals surface area contributed by atoms with E-state index in [0.717, 1.165) is 17.3 Å². The lowest BCUT2D eigenvalue weighted by Crippen LogP contribution is -2.38. The first-order valence-electron chi connectivity index (χ1n) is 6.81. The van der Waals surface area contributed by atoms with Crippen molar-refractivity contribution in [2.24, 2.45) is 5.92 Å². The molecule has 20 heavy (non-hydrogen) atoms. The van der Waals surface area contributed by atoms with Gasteiger partial charge in [0.1, 0.15) is 12.2 Å². The fourth-order valence-electron chi connectivity index (χ4n) is 2.20. The minimum atomic E-state index is -0.792. The van der Waals surface area contributed by atoms with Crippen LogP contribution in [-0.4, -0.2) is 25.9 Å². The van der Waals surface area contributed by atoms with Gasteiger partial charge in [-0.3, -0.25) is 5.10 Å². The molecular formula is C15H20ClN3O. The van der Waals surface area contributed by atoms with E-state index in [0.29, 0.717) is 12.8 Å². The second kappa shape index (κ2) is 6.37. The second-order valence-corrected chi connectivity index (χ2v) is 5.93. The second-order valence-electron chi connectivity index (χ2n) is 5.49. The summed E-state index contributed by atoms with van der Waals surface area (Å²) >= 11 is 5.88. The quantitative estimate of drug-likeness (QED) is 0.860. The molecule has 1 unspecified atom stereocenters. The molecule has 0 aliphatic carbocycles. The monoisotopic (exact) mass is 293 g/mol. The molecule has 0 spiro atoms. The molecule has 1 atom stereocenters. The van der Waals surface area contributed by atoms with Crippen LogP contribution in [0, 0.1) is 5.92 Å². The van der Waals surface area contributed by atoms with E-state index in [2.05, 4.69) is 15.2 Å². The molecule has 2 N–H and O–H groups in total. The Bertz CT molecular complexity index is 525. The standard InChI is InChI=1S/C15H20ClN3O/c1-11(2)15(20,9-14-17-10-18-19-14)8-7-12-3-5-13(16)6-4-12/h3-6,10-11,20H,7-9H2,1-2H3,(H,17,18,19). The van der Waals surface area contributed by atoms with E-state index < -0.39 is 5.60 Å². The lowest BCUT2D eigenvalue weighted by molar-refractivity contribution is -0.0140. The number of rotatable bonds is 6. The fourth-order valence-corrected chi connectivity index (χ4v) is 2.32. The van der Waals surface area contributed by atoms with Crippen molar-refractivity contribution in [3.63, 3.8) is 0 Å². The third kappa shape index (κ3) is 3.81. The largest absolute Gasteiger partial charge is 0.389 e. The molecule has 1 aromatic heterocycles. The third-order valence-electron chi connectivity index (χ3n) is 3.77. The van der Waals surface area contributed by atoms with E-state index in [9.17, 15) is 5.11 Å². The topological polar surface area (TPSA) is 61.8 Å². The molecule has 1 heterocycles. The summed E-state index contributed by atoms with van der Waals surface area (Å²) < 4.78 is 0. The molecule has 0 bridgehead atoms. The van der Waals surface area contributed by atoms with Gasteiger partial charge in [0.2, 0.25) is 0 Å². The van der Waals surface area contributed by atoms with Crippen LogP contribution in [0.25, 0.3) is 0 Å². The van der Waals surface area contributed by atoms with Crippen LogP contribution in [0.3, 0.4) is 0 Å². The van der Waals surface area contributed by atoms with Gasteiger partial charge in [0.15, 0.2) is 0 Å². The smallest absolute Gasteiger partial charge is 0.137 e. The van der Waals surface area contributed by atoms with Crippen molar-refractivity contribution < 1.29 is 5.11 Å². The normalized spacial score (nSPS) is 14.4. The van der Waals surface area contributed by atoms with E-state index in [-0.39, 0.29) is 5.92 Å². The van der Waals surface area contributed by atoms with Crippen LogP contribution < -0.4 is 0 Å². The van der Waals surface area contributed by atoms with Crippen molar-refractivity contribution in [2.75, 3.05) is 0 Å². The number of aryl methyl sites for hydroxylation is 1. The molecule has 5 heteroatoms. The highest BCUT2D eigenvalue weighted by Crippen LogP contribution is 2.27. The number of H-pyrrole nitrogens is 1.